The molecule has 0 unspecified atom stereocenters. The Hall–Kier alpha value is -1.43. The number of rotatable bonds is 4. The number of nitro groups is 1. The second-order valence-corrected chi connectivity index (χ2v) is 4.24. The van der Waals surface area contributed by atoms with E-state index in [4.69, 9.17) is 0 Å². The first-order valence-corrected chi connectivity index (χ1v) is 5.41. The number of hydrogen-bond donors (Lipinski definition) is 1. The van der Waals surface area contributed by atoms with Crippen LogP contribution in [0.3, 0.4) is 0 Å². The van der Waals surface area contributed by atoms with Crippen LogP contribution in [-0.4, -0.2) is 16.9 Å². The molecule has 0 aliphatic carbocycles. The standard InChI is InChI=1S/C9H12N2O3S/c1-3-6(2)10-9(12)7-4-5-8(15-7)11(13)14/h4-6H,3H2,1-2H3,(H,10,12)/t6-/m1/s1. The minimum atomic E-state index is -0.495. The van der Waals surface area contributed by atoms with Gasteiger partial charge in [0.15, 0.2) is 0 Å². The van der Waals surface area contributed by atoms with Crippen LogP contribution in [0.1, 0.15) is 29.9 Å². The monoisotopic (exact) mass is 228 g/mol. The Morgan fingerprint density at radius 3 is 2.80 bits per heavy atom. The summed E-state index contributed by atoms with van der Waals surface area (Å²) in [4.78, 5) is 21.8. The van der Waals surface area contributed by atoms with Crippen LogP contribution in [0.5, 0.6) is 0 Å². The van der Waals surface area contributed by atoms with Gasteiger partial charge >= 0.3 is 5.00 Å². The van der Waals surface area contributed by atoms with Crippen molar-refractivity contribution < 1.29 is 9.72 Å². The van der Waals surface area contributed by atoms with Gasteiger partial charge in [-0.25, -0.2) is 0 Å². The Kier molecular flexibility index (Phi) is 3.79. The number of thiophene rings is 1. The number of hydrogen-bond acceptors (Lipinski definition) is 4. The molecule has 0 saturated carbocycles. The minimum Gasteiger partial charge on any atom is -0.349 e. The van der Waals surface area contributed by atoms with Crippen molar-refractivity contribution in [2.45, 2.75) is 26.3 Å². The average molecular weight is 228 g/mol. The molecule has 0 radical (unpaired) electrons. The zero-order valence-electron chi connectivity index (χ0n) is 8.52. The predicted octanol–water partition coefficient (Wildman–Crippen LogP) is 2.18. The second kappa shape index (κ2) is 4.88. The fourth-order valence-electron chi connectivity index (χ4n) is 0.945. The summed E-state index contributed by atoms with van der Waals surface area (Å²) < 4.78 is 0. The topological polar surface area (TPSA) is 72.2 Å². The molecule has 15 heavy (non-hydrogen) atoms. The lowest BCUT2D eigenvalue weighted by atomic mass is 10.2. The van der Waals surface area contributed by atoms with Crippen LogP contribution in [0.25, 0.3) is 0 Å². The van der Waals surface area contributed by atoms with E-state index < -0.39 is 4.92 Å². The first-order valence-electron chi connectivity index (χ1n) is 4.59. The maximum absolute atomic E-state index is 11.5. The first kappa shape index (κ1) is 11.6. The molecule has 6 heteroatoms. The average Bonchev–Trinajstić information content (AvgIpc) is 2.66. The molecule has 0 fully saturated rings. The maximum atomic E-state index is 11.5. The van der Waals surface area contributed by atoms with Crippen molar-refractivity contribution in [2.24, 2.45) is 0 Å². The molecule has 0 spiro atoms. The lowest BCUT2D eigenvalue weighted by Crippen LogP contribution is -2.31. The molecular weight excluding hydrogens is 216 g/mol. The Morgan fingerprint density at radius 2 is 2.33 bits per heavy atom. The van der Waals surface area contributed by atoms with Crippen LogP contribution in [0.2, 0.25) is 0 Å². The molecule has 1 rings (SSSR count). The van der Waals surface area contributed by atoms with Crippen molar-refractivity contribution in [1.29, 1.82) is 0 Å². The van der Waals surface area contributed by atoms with Crippen LogP contribution >= 0.6 is 11.3 Å². The van der Waals surface area contributed by atoms with E-state index in [1.54, 1.807) is 0 Å². The zero-order chi connectivity index (χ0) is 11.4. The van der Waals surface area contributed by atoms with E-state index in [1.165, 1.54) is 12.1 Å². The molecule has 0 aliphatic heterocycles. The van der Waals surface area contributed by atoms with E-state index in [0.29, 0.717) is 4.88 Å². The Labute approximate surface area is 91.3 Å². The van der Waals surface area contributed by atoms with Gasteiger partial charge in [-0.3, -0.25) is 14.9 Å². The summed E-state index contributed by atoms with van der Waals surface area (Å²) in [6.07, 6.45) is 0.833. The van der Waals surface area contributed by atoms with Gasteiger partial charge in [0.2, 0.25) is 0 Å². The van der Waals surface area contributed by atoms with Gasteiger partial charge in [-0.15, -0.1) is 0 Å². The van der Waals surface area contributed by atoms with Gasteiger partial charge in [-0.2, -0.15) is 0 Å². The number of nitrogens with zero attached hydrogens (tertiary/aromatic N) is 1. The quantitative estimate of drug-likeness (QED) is 0.634. The molecule has 1 heterocycles. The molecule has 1 N–H and O–H groups in total. The van der Waals surface area contributed by atoms with Gasteiger partial charge in [0.25, 0.3) is 5.91 Å². The van der Waals surface area contributed by atoms with E-state index >= 15 is 0 Å². The van der Waals surface area contributed by atoms with Crippen molar-refractivity contribution in [3.8, 4) is 0 Å². The smallest absolute Gasteiger partial charge is 0.324 e. The zero-order valence-corrected chi connectivity index (χ0v) is 9.34. The maximum Gasteiger partial charge on any atom is 0.324 e. The Morgan fingerprint density at radius 1 is 1.67 bits per heavy atom. The molecule has 1 aromatic heterocycles. The van der Waals surface area contributed by atoms with Crippen molar-refractivity contribution in [3.05, 3.63) is 27.1 Å². The van der Waals surface area contributed by atoms with Crippen LogP contribution in [0.15, 0.2) is 12.1 Å². The fourth-order valence-corrected chi connectivity index (χ4v) is 1.67. The fraction of sp³-hybridized carbons (Fsp3) is 0.444. The van der Waals surface area contributed by atoms with Gasteiger partial charge in [0, 0.05) is 12.1 Å². The van der Waals surface area contributed by atoms with Crippen LogP contribution < -0.4 is 5.32 Å². The van der Waals surface area contributed by atoms with Gasteiger partial charge in [0.1, 0.15) is 0 Å². The Balaban J connectivity index is 2.70. The largest absolute Gasteiger partial charge is 0.349 e. The second-order valence-electron chi connectivity index (χ2n) is 3.18. The third kappa shape index (κ3) is 3.02. The third-order valence-electron chi connectivity index (χ3n) is 1.99. The molecule has 1 amide bonds. The number of carbonyl (C=O) groups is 1. The summed E-state index contributed by atoms with van der Waals surface area (Å²) in [6, 6.07) is 2.90. The van der Waals surface area contributed by atoms with E-state index in [1.807, 2.05) is 13.8 Å². The SMILES string of the molecule is CC[C@@H](C)NC(=O)c1ccc([N+](=O)[O-])s1. The number of nitrogens with one attached hydrogen (secondary N) is 1. The van der Waals surface area contributed by atoms with E-state index in [2.05, 4.69) is 5.32 Å². The summed E-state index contributed by atoms with van der Waals surface area (Å²) in [6.45, 7) is 3.85. The van der Waals surface area contributed by atoms with Crippen LogP contribution in [0, 0.1) is 10.1 Å². The number of carbonyl (C=O) groups excluding carboxylic acids is 1. The Bertz CT molecular complexity index is 375. The number of amides is 1. The molecule has 0 saturated heterocycles. The van der Waals surface area contributed by atoms with Crippen molar-refractivity contribution in [3.63, 3.8) is 0 Å². The highest BCUT2D eigenvalue weighted by Crippen LogP contribution is 2.23. The lowest BCUT2D eigenvalue weighted by molar-refractivity contribution is -0.380. The predicted molar refractivity (Wildman–Crippen MR) is 58.2 cm³/mol. The molecule has 1 aromatic rings. The summed E-state index contributed by atoms with van der Waals surface area (Å²) in [5, 5.41) is 13.1. The van der Waals surface area contributed by atoms with Crippen molar-refractivity contribution in [1.82, 2.24) is 5.32 Å². The highest BCUT2D eigenvalue weighted by molar-refractivity contribution is 7.17. The lowest BCUT2D eigenvalue weighted by Gasteiger charge is -2.09. The molecule has 0 bridgehead atoms. The normalized spacial score (nSPS) is 12.1. The highest BCUT2D eigenvalue weighted by Gasteiger charge is 2.15. The van der Waals surface area contributed by atoms with Gasteiger partial charge < -0.3 is 5.32 Å². The van der Waals surface area contributed by atoms with Crippen LogP contribution in [0.4, 0.5) is 5.00 Å². The summed E-state index contributed by atoms with van der Waals surface area (Å²) >= 11 is 0.890. The molecule has 82 valence electrons. The molecule has 0 aromatic carbocycles. The highest BCUT2D eigenvalue weighted by atomic mass is 32.1. The molecule has 0 aliphatic rings. The molecule has 5 nitrogen and oxygen atoms in total. The summed E-state index contributed by atoms with van der Waals surface area (Å²) in [7, 11) is 0. The molecular formula is C9H12N2O3S. The van der Waals surface area contributed by atoms with Gasteiger partial charge in [0.05, 0.1) is 9.80 Å². The van der Waals surface area contributed by atoms with Gasteiger partial charge in [-0.1, -0.05) is 18.3 Å². The van der Waals surface area contributed by atoms with Crippen molar-refractivity contribution in [2.75, 3.05) is 0 Å². The van der Waals surface area contributed by atoms with E-state index in [0.717, 1.165) is 17.8 Å². The minimum absolute atomic E-state index is 0.00991. The van der Waals surface area contributed by atoms with Crippen molar-refractivity contribution >= 4 is 22.2 Å². The van der Waals surface area contributed by atoms with Crippen LogP contribution in [-0.2, 0) is 0 Å². The third-order valence-corrected chi connectivity index (χ3v) is 3.02. The summed E-state index contributed by atoms with van der Waals surface area (Å²) in [5.74, 6) is -0.248. The molecule has 1 atom stereocenters. The van der Waals surface area contributed by atoms with E-state index in [9.17, 15) is 14.9 Å². The summed E-state index contributed by atoms with van der Waals surface area (Å²) in [5.41, 5.74) is 0. The van der Waals surface area contributed by atoms with Gasteiger partial charge in [-0.05, 0) is 19.4 Å². The van der Waals surface area contributed by atoms with E-state index in [-0.39, 0.29) is 17.0 Å². The first-order chi connectivity index (χ1) is 7.04.